The van der Waals surface area contributed by atoms with E-state index in [0.29, 0.717) is 12.5 Å². The lowest BCUT2D eigenvalue weighted by Gasteiger charge is -2.21. The van der Waals surface area contributed by atoms with Crippen molar-refractivity contribution >= 4 is 5.91 Å². The molecule has 20 heavy (non-hydrogen) atoms. The highest BCUT2D eigenvalue weighted by molar-refractivity contribution is 5.81. The number of rotatable bonds is 6. The smallest absolute Gasteiger partial charge is 0.236 e. The fourth-order valence-corrected chi connectivity index (χ4v) is 1.84. The number of hydrogen-bond donors (Lipinski definition) is 2. The maximum atomic E-state index is 13.6. The summed E-state index contributed by atoms with van der Waals surface area (Å²) in [5.41, 5.74) is 0.216. The molecule has 0 radical (unpaired) electrons. The van der Waals surface area contributed by atoms with Gasteiger partial charge in [0, 0.05) is 18.2 Å². The van der Waals surface area contributed by atoms with Crippen molar-refractivity contribution in [1.29, 1.82) is 0 Å². The standard InChI is InChI=1S/C15H22F2N2O/c1-9(2)8-18-15(20)11(4)19-10(3)13-7-12(16)5-6-14(13)17/h5-7,9-11,19H,8H2,1-4H3,(H,18,20). The average molecular weight is 284 g/mol. The molecule has 1 aromatic carbocycles. The van der Waals surface area contributed by atoms with Gasteiger partial charge in [0.2, 0.25) is 5.91 Å². The Morgan fingerprint density at radius 3 is 2.45 bits per heavy atom. The third kappa shape index (κ3) is 4.89. The van der Waals surface area contributed by atoms with Crippen molar-refractivity contribution in [2.75, 3.05) is 6.54 Å². The van der Waals surface area contributed by atoms with E-state index in [1.54, 1.807) is 13.8 Å². The molecule has 1 rings (SSSR count). The summed E-state index contributed by atoms with van der Waals surface area (Å²) in [5.74, 6) is -0.764. The Morgan fingerprint density at radius 1 is 1.20 bits per heavy atom. The summed E-state index contributed by atoms with van der Waals surface area (Å²) in [7, 11) is 0. The highest BCUT2D eigenvalue weighted by Gasteiger charge is 2.18. The summed E-state index contributed by atoms with van der Waals surface area (Å²) in [4.78, 5) is 11.8. The Hall–Kier alpha value is -1.49. The van der Waals surface area contributed by atoms with Crippen LogP contribution in [0.4, 0.5) is 8.78 Å². The van der Waals surface area contributed by atoms with Gasteiger partial charge in [-0.05, 0) is 38.0 Å². The van der Waals surface area contributed by atoms with Crippen LogP contribution >= 0.6 is 0 Å². The molecule has 1 aromatic rings. The molecule has 0 heterocycles. The molecule has 0 bridgehead atoms. The number of hydrogen-bond acceptors (Lipinski definition) is 2. The maximum Gasteiger partial charge on any atom is 0.236 e. The first-order valence-electron chi connectivity index (χ1n) is 6.80. The summed E-state index contributed by atoms with van der Waals surface area (Å²) < 4.78 is 26.8. The first kappa shape index (κ1) is 16.6. The molecule has 0 saturated heterocycles. The van der Waals surface area contributed by atoms with Crippen molar-refractivity contribution in [2.45, 2.75) is 39.8 Å². The molecule has 2 atom stereocenters. The van der Waals surface area contributed by atoms with Crippen molar-refractivity contribution in [2.24, 2.45) is 5.92 Å². The minimum atomic E-state index is -0.494. The highest BCUT2D eigenvalue weighted by atomic mass is 19.1. The van der Waals surface area contributed by atoms with Crippen LogP contribution in [0, 0.1) is 17.6 Å². The van der Waals surface area contributed by atoms with Crippen LogP contribution in [0.2, 0.25) is 0 Å². The van der Waals surface area contributed by atoms with Crippen LogP contribution in [0.3, 0.4) is 0 Å². The van der Waals surface area contributed by atoms with Crippen molar-refractivity contribution in [3.8, 4) is 0 Å². The van der Waals surface area contributed by atoms with E-state index in [4.69, 9.17) is 0 Å². The Bertz CT molecular complexity index is 463. The van der Waals surface area contributed by atoms with Gasteiger partial charge in [0.15, 0.2) is 0 Å². The van der Waals surface area contributed by atoms with E-state index < -0.39 is 23.7 Å². The van der Waals surface area contributed by atoms with E-state index in [-0.39, 0.29) is 11.5 Å². The molecule has 3 nitrogen and oxygen atoms in total. The molecular weight excluding hydrogens is 262 g/mol. The topological polar surface area (TPSA) is 41.1 Å². The number of halogens is 2. The maximum absolute atomic E-state index is 13.6. The number of benzene rings is 1. The zero-order valence-corrected chi connectivity index (χ0v) is 12.3. The monoisotopic (exact) mass is 284 g/mol. The largest absolute Gasteiger partial charge is 0.354 e. The molecule has 112 valence electrons. The zero-order chi connectivity index (χ0) is 15.3. The Balaban J connectivity index is 2.63. The van der Waals surface area contributed by atoms with Crippen molar-refractivity contribution < 1.29 is 13.6 Å². The molecule has 0 aromatic heterocycles. The SMILES string of the molecule is CC(C)CNC(=O)C(C)NC(C)c1cc(F)ccc1F. The molecule has 5 heteroatoms. The first-order valence-corrected chi connectivity index (χ1v) is 6.80. The van der Waals surface area contributed by atoms with Crippen LogP contribution in [0.5, 0.6) is 0 Å². The normalized spacial score (nSPS) is 14.2. The first-order chi connectivity index (χ1) is 9.31. The number of nitrogens with one attached hydrogen (secondary N) is 2. The van der Waals surface area contributed by atoms with Crippen LogP contribution < -0.4 is 10.6 Å². The Labute approximate surface area is 118 Å². The molecule has 0 aliphatic carbocycles. The van der Waals surface area contributed by atoms with Gasteiger partial charge in [-0.2, -0.15) is 0 Å². The summed E-state index contributed by atoms with van der Waals surface area (Å²) in [5, 5.41) is 5.76. The van der Waals surface area contributed by atoms with E-state index in [9.17, 15) is 13.6 Å². The fraction of sp³-hybridized carbons (Fsp3) is 0.533. The second kappa shape index (κ2) is 7.33. The van der Waals surface area contributed by atoms with Crippen molar-refractivity contribution in [3.63, 3.8) is 0 Å². The van der Waals surface area contributed by atoms with E-state index in [1.807, 2.05) is 13.8 Å². The minimum absolute atomic E-state index is 0.151. The summed E-state index contributed by atoms with van der Waals surface area (Å²) >= 11 is 0. The lowest BCUT2D eigenvalue weighted by atomic mass is 10.1. The predicted octanol–water partition coefficient (Wildman–Crippen LogP) is 2.78. The quantitative estimate of drug-likeness (QED) is 0.843. The van der Waals surface area contributed by atoms with E-state index in [2.05, 4.69) is 10.6 Å². The van der Waals surface area contributed by atoms with Gasteiger partial charge in [-0.15, -0.1) is 0 Å². The third-order valence-corrected chi connectivity index (χ3v) is 3.00. The lowest BCUT2D eigenvalue weighted by molar-refractivity contribution is -0.123. The average Bonchev–Trinajstić information content (AvgIpc) is 2.38. The van der Waals surface area contributed by atoms with Gasteiger partial charge < -0.3 is 5.32 Å². The number of carbonyl (C=O) groups is 1. The minimum Gasteiger partial charge on any atom is -0.354 e. The molecule has 0 aliphatic rings. The van der Waals surface area contributed by atoms with Crippen LogP contribution in [-0.4, -0.2) is 18.5 Å². The second-order valence-electron chi connectivity index (χ2n) is 5.41. The molecule has 2 unspecified atom stereocenters. The number of amides is 1. The Kier molecular flexibility index (Phi) is 6.07. The molecule has 0 spiro atoms. The van der Waals surface area contributed by atoms with Gasteiger partial charge >= 0.3 is 0 Å². The van der Waals surface area contributed by atoms with E-state index >= 15 is 0 Å². The zero-order valence-electron chi connectivity index (χ0n) is 12.3. The molecule has 0 saturated carbocycles. The lowest BCUT2D eigenvalue weighted by Crippen LogP contribution is -2.44. The van der Waals surface area contributed by atoms with Crippen molar-refractivity contribution in [1.82, 2.24) is 10.6 Å². The van der Waals surface area contributed by atoms with Gasteiger partial charge in [-0.25, -0.2) is 8.78 Å². The van der Waals surface area contributed by atoms with E-state index in [0.717, 1.165) is 18.2 Å². The Morgan fingerprint density at radius 2 is 1.85 bits per heavy atom. The molecule has 1 amide bonds. The third-order valence-electron chi connectivity index (χ3n) is 3.00. The van der Waals surface area contributed by atoms with Gasteiger partial charge in [-0.1, -0.05) is 13.8 Å². The second-order valence-corrected chi connectivity index (χ2v) is 5.41. The van der Waals surface area contributed by atoms with Crippen LogP contribution in [0.25, 0.3) is 0 Å². The van der Waals surface area contributed by atoms with Gasteiger partial charge in [-0.3, -0.25) is 10.1 Å². The van der Waals surface area contributed by atoms with Gasteiger partial charge in [0.05, 0.1) is 6.04 Å². The summed E-state index contributed by atoms with van der Waals surface area (Å²) in [6.45, 7) is 7.99. The van der Waals surface area contributed by atoms with Crippen LogP contribution in [-0.2, 0) is 4.79 Å². The van der Waals surface area contributed by atoms with Crippen LogP contribution in [0.15, 0.2) is 18.2 Å². The van der Waals surface area contributed by atoms with Gasteiger partial charge in [0.25, 0.3) is 0 Å². The predicted molar refractivity (Wildman–Crippen MR) is 75.2 cm³/mol. The van der Waals surface area contributed by atoms with Crippen molar-refractivity contribution in [3.05, 3.63) is 35.4 Å². The number of carbonyl (C=O) groups excluding carboxylic acids is 1. The van der Waals surface area contributed by atoms with E-state index in [1.165, 1.54) is 0 Å². The molecular formula is C15H22F2N2O. The van der Waals surface area contributed by atoms with Gasteiger partial charge in [0.1, 0.15) is 11.6 Å². The molecule has 2 N–H and O–H groups in total. The fourth-order valence-electron chi connectivity index (χ4n) is 1.84. The molecule has 0 aliphatic heterocycles. The summed E-state index contributed by atoms with van der Waals surface area (Å²) in [6.07, 6.45) is 0. The molecule has 0 fully saturated rings. The van der Waals surface area contributed by atoms with Crippen LogP contribution in [0.1, 0.15) is 39.3 Å². The summed E-state index contributed by atoms with van der Waals surface area (Å²) in [6, 6.07) is 2.37. The highest BCUT2D eigenvalue weighted by Crippen LogP contribution is 2.18.